The number of hydrogen-bond donors (Lipinski definition) is 1. The van der Waals surface area contributed by atoms with Gasteiger partial charge in [-0.1, -0.05) is 29.3 Å². The van der Waals surface area contributed by atoms with Crippen LogP contribution in [0.1, 0.15) is 39.9 Å². The number of carbonyl (C=O) groups excluding carboxylic acids is 4. The Kier molecular flexibility index (Phi) is 8.73. The number of hydrogen-bond acceptors (Lipinski definition) is 6. The Morgan fingerprint density at radius 1 is 0.944 bits per heavy atom. The standard InChI is InChI=1S/C25H23Cl2N5O4/c1-15(33)30-18-10-17(25(36)31(2)3)11-19(12-18)32(14-16-5-6-20(26)21(27)9-16)23(35)13-22(34)24-28-7-4-8-29-24/h4-12H,13-14H2,1-3H3,(H,30,33). The molecule has 2 aromatic carbocycles. The zero-order chi connectivity index (χ0) is 26.4. The maximum Gasteiger partial charge on any atom is 0.253 e. The molecule has 1 heterocycles. The van der Waals surface area contributed by atoms with Crippen LogP contribution < -0.4 is 10.2 Å². The summed E-state index contributed by atoms with van der Waals surface area (Å²) in [5, 5.41) is 3.29. The molecule has 0 saturated heterocycles. The van der Waals surface area contributed by atoms with E-state index in [-0.39, 0.29) is 29.7 Å². The molecule has 1 N–H and O–H groups in total. The maximum atomic E-state index is 13.4. The number of Topliss-reactive ketones (excluding diaryl/α,β-unsaturated/α-hetero) is 1. The molecule has 0 spiro atoms. The third kappa shape index (κ3) is 6.87. The molecule has 186 valence electrons. The van der Waals surface area contributed by atoms with Crippen molar-refractivity contribution in [3.8, 4) is 0 Å². The minimum Gasteiger partial charge on any atom is -0.345 e. The normalized spacial score (nSPS) is 10.5. The first-order valence-corrected chi connectivity index (χ1v) is 11.5. The first kappa shape index (κ1) is 26.8. The number of anilines is 2. The molecule has 1 aromatic heterocycles. The minimum absolute atomic E-state index is 0.0117. The highest BCUT2D eigenvalue weighted by Gasteiger charge is 2.24. The predicted molar refractivity (Wildman–Crippen MR) is 137 cm³/mol. The number of nitrogens with one attached hydrogen (secondary N) is 1. The van der Waals surface area contributed by atoms with E-state index in [4.69, 9.17) is 23.2 Å². The van der Waals surface area contributed by atoms with Gasteiger partial charge in [-0.3, -0.25) is 19.2 Å². The van der Waals surface area contributed by atoms with Crippen molar-refractivity contribution in [2.45, 2.75) is 19.9 Å². The Hall–Kier alpha value is -3.82. The molecule has 0 aliphatic heterocycles. The van der Waals surface area contributed by atoms with Gasteiger partial charge in [-0.25, -0.2) is 9.97 Å². The largest absolute Gasteiger partial charge is 0.345 e. The van der Waals surface area contributed by atoms with Crippen LogP contribution in [0, 0.1) is 0 Å². The lowest BCUT2D eigenvalue weighted by atomic mass is 10.1. The zero-order valence-corrected chi connectivity index (χ0v) is 21.3. The van der Waals surface area contributed by atoms with Crippen LogP contribution in [0.2, 0.25) is 10.0 Å². The second-order valence-electron chi connectivity index (χ2n) is 8.05. The smallest absolute Gasteiger partial charge is 0.253 e. The molecule has 0 unspecified atom stereocenters. The van der Waals surface area contributed by atoms with Gasteiger partial charge in [0.05, 0.1) is 23.0 Å². The number of amides is 3. The van der Waals surface area contributed by atoms with Gasteiger partial charge in [0.2, 0.25) is 17.6 Å². The molecule has 0 aliphatic carbocycles. The fourth-order valence-corrected chi connectivity index (χ4v) is 3.64. The number of rotatable bonds is 8. The Balaban J connectivity index is 2.06. The number of carbonyl (C=O) groups is 4. The molecule has 11 heteroatoms. The van der Waals surface area contributed by atoms with Gasteiger partial charge in [-0.05, 0) is 42.0 Å². The number of halogens is 2. The Morgan fingerprint density at radius 3 is 2.25 bits per heavy atom. The summed E-state index contributed by atoms with van der Waals surface area (Å²) in [5.74, 6) is -1.91. The van der Waals surface area contributed by atoms with E-state index in [0.717, 1.165) is 0 Å². The van der Waals surface area contributed by atoms with E-state index >= 15 is 0 Å². The monoisotopic (exact) mass is 527 g/mol. The summed E-state index contributed by atoms with van der Waals surface area (Å²) in [5.41, 5.74) is 1.48. The summed E-state index contributed by atoms with van der Waals surface area (Å²) in [7, 11) is 3.18. The molecular weight excluding hydrogens is 505 g/mol. The Bertz CT molecular complexity index is 1320. The quantitative estimate of drug-likeness (QED) is 0.346. The van der Waals surface area contributed by atoms with Gasteiger partial charge in [0, 0.05) is 50.4 Å². The number of benzene rings is 2. The molecule has 0 aliphatic rings. The maximum absolute atomic E-state index is 13.4. The average molecular weight is 528 g/mol. The molecule has 0 fully saturated rings. The van der Waals surface area contributed by atoms with Gasteiger partial charge < -0.3 is 15.1 Å². The summed E-state index contributed by atoms with van der Waals surface area (Å²) >= 11 is 12.2. The molecule has 0 radical (unpaired) electrons. The molecule has 3 amide bonds. The highest BCUT2D eigenvalue weighted by molar-refractivity contribution is 6.42. The molecule has 9 nitrogen and oxygen atoms in total. The number of aromatic nitrogens is 2. The van der Waals surface area contributed by atoms with Crippen LogP contribution in [-0.4, -0.2) is 52.5 Å². The lowest BCUT2D eigenvalue weighted by Gasteiger charge is -2.25. The summed E-state index contributed by atoms with van der Waals surface area (Å²) in [4.78, 5) is 61.1. The van der Waals surface area contributed by atoms with Crippen LogP contribution in [0.15, 0.2) is 54.9 Å². The highest BCUT2D eigenvalue weighted by Crippen LogP contribution is 2.28. The summed E-state index contributed by atoms with van der Waals surface area (Å²) in [6.45, 7) is 1.34. The van der Waals surface area contributed by atoms with Crippen molar-refractivity contribution in [2.24, 2.45) is 0 Å². The van der Waals surface area contributed by atoms with Crippen LogP contribution >= 0.6 is 23.2 Å². The molecule has 0 bridgehead atoms. The third-order valence-electron chi connectivity index (χ3n) is 4.96. The van der Waals surface area contributed by atoms with Crippen molar-refractivity contribution in [2.75, 3.05) is 24.3 Å². The Morgan fingerprint density at radius 2 is 1.64 bits per heavy atom. The topological polar surface area (TPSA) is 113 Å². The SMILES string of the molecule is CC(=O)Nc1cc(C(=O)N(C)C)cc(N(Cc2ccc(Cl)c(Cl)c2)C(=O)CC(=O)c2ncccn2)c1. The van der Waals surface area contributed by atoms with E-state index in [2.05, 4.69) is 15.3 Å². The van der Waals surface area contributed by atoms with Crippen LogP contribution in [0.4, 0.5) is 11.4 Å². The first-order chi connectivity index (χ1) is 17.0. The molecule has 3 rings (SSSR count). The number of nitrogens with zero attached hydrogens (tertiary/aromatic N) is 4. The molecule has 0 atom stereocenters. The van der Waals surface area contributed by atoms with Crippen LogP contribution in [0.3, 0.4) is 0 Å². The molecular formula is C25H23Cl2N5O4. The highest BCUT2D eigenvalue weighted by atomic mass is 35.5. The lowest BCUT2D eigenvalue weighted by molar-refractivity contribution is -0.118. The second kappa shape index (κ2) is 11.7. The average Bonchev–Trinajstić information content (AvgIpc) is 2.83. The summed E-state index contributed by atoms with van der Waals surface area (Å²) in [6, 6.07) is 11.0. The Labute approximate surface area is 218 Å². The van der Waals surface area contributed by atoms with Crippen LogP contribution in [0.25, 0.3) is 0 Å². The fraction of sp³-hybridized carbons (Fsp3) is 0.200. The van der Waals surface area contributed by atoms with Gasteiger partial charge in [0.25, 0.3) is 5.91 Å². The van der Waals surface area contributed by atoms with E-state index in [9.17, 15) is 19.2 Å². The lowest BCUT2D eigenvalue weighted by Crippen LogP contribution is -2.33. The third-order valence-corrected chi connectivity index (χ3v) is 5.69. The number of ketones is 1. The summed E-state index contributed by atoms with van der Waals surface area (Å²) in [6.07, 6.45) is 2.30. The fourth-order valence-electron chi connectivity index (χ4n) is 3.32. The first-order valence-electron chi connectivity index (χ1n) is 10.7. The van der Waals surface area contributed by atoms with Gasteiger partial charge in [-0.2, -0.15) is 0 Å². The van der Waals surface area contributed by atoms with E-state index in [0.29, 0.717) is 27.0 Å². The molecule has 36 heavy (non-hydrogen) atoms. The summed E-state index contributed by atoms with van der Waals surface area (Å²) < 4.78 is 0. The van der Waals surface area contributed by atoms with Crippen LogP contribution in [-0.2, 0) is 16.1 Å². The molecule has 0 saturated carbocycles. The van der Waals surface area contributed by atoms with E-state index in [1.54, 1.807) is 44.4 Å². The van der Waals surface area contributed by atoms with Gasteiger partial charge in [0.1, 0.15) is 0 Å². The minimum atomic E-state index is -0.568. The zero-order valence-electron chi connectivity index (χ0n) is 19.8. The second-order valence-corrected chi connectivity index (χ2v) is 8.86. The van der Waals surface area contributed by atoms with E-state index < -0.39 is 18.1 Å². The van der Waals surface area contributed by atoms with Gasteiger partial charge in [0.15, 0.2) is 5.82 Å². The molecule has 3 aromatic rings. The predicted octanol–water partition coefficient (Wildman–Crippen LogP) is 4.25. The van der Waals surface area contributed by atoms with Crippen molar-refractivity contribution < 1.29 is 19.2 Å². The van der Waals surface area contributed by atoms with Gasteiger partial charge in [-0.15, -0.1) is 0 Å². The van der Waals surface area contributed by atoms with Crippen molar-refractivity contribution in [3.05, 3.63) is 81.9 Å². The van der Waals surface area contributed by atoms with E-state index in [1.165, 1.54) is 41.2 Å². The van der Waals surface area contributed by atoms with Crippen molar-refractivity contribution in [1.82, 2.24) is 14.9 Å². The van der Waals surface area contributed by atoms with Gasteiger partial charge >= 0.3 is 0 Å². The van der Waals surface area contributed by atoms with Crippen molar-refractivity contribution in [1.29, 1.82) is 0 Å². The van der Waals surface area contributed by atoms with E-state index in [1.807, 2.05) is 0 Å². The van der Waals surface area contributed by atoms with Crippen molar-refractivity contribution in [3.63, 3.8) is 0 Å². The van der Waals surface area contributed by atoms with Crippen molar-refractivity contribution >= 4 is 58.1 Å². The van der Waals surface area contributed by atoms with Crippen LogP contribution in [0.5, 0.6) is 0 Å².